The van der Waals surface area contributed by atoms with E-state index in [1.54, 1.807) is 6.07 Å². The molecule has 0 unspecified atom stereocenters. The maximum atomic E-state index is 6.32. The number of pyridine rings is 1. The molecule has 0 aliphatic heterocycles. The predicted octanol–water partition coefficient (Wildman–Crippen LogP) is 4.46. The van der Waals surface area contributed by atoms with E-state index >= 15 is 0 Å². The maximum absolute atomic E-state index is 6.32. The largest absolute Gasteiger partial charge is 0.387 e. The smallest absolute Gasteiger partial charge is 0.0756 e. The lowest BCUT2D eigenvalue weighted by Crippen LogP contribution is -2.09. The Bertz CT molecular complexity index is 623. The highest BCUT2D eigenvalue weighted by molar-refractivity contribution is 6.39. The third-order valence-corrected chi connectivity index (χ3v) is 4.05. The van der Waals surface area contributed by atoms with E-state index in [2.05, 4.69) is 5.32 Å². The average Bonchev–Trinajstić information content (AvgIpc) is 2.35. The zero-order chi connectivity index (χ0) is 12.7. The molecule has 1 aromatic heterocycles. The normalized spacial score (nSPS) is 14.6. The number of benzene rings is 1. The van der Waals surface area contributed by atoms with Crippen LogP contribution in [0, 0.1) is 0 Å². The molecule has 1 aliphatic rings. The first-order valence-corrected chi connectivity index (χ1v) is 6.94. The van der Waals surface area contributed by atoms with Crippen molar-refractivity contribution in [3.8, 4) is 0 Å². The number of hydrogen-bond donors (Lipinski definition) is 1. The first-order valence-electron chi connectivity index (χ1n) is 6.19. The quantitative estimate of drug-likeness (QED) is 0.834. The van der Waals surface area contributed by atoms with Crippen molar-refractivity contribution in [3.05, 3.63) is 33.4 Å². The molecule has 18 heavy (non-hydrogen) atoms. The fraction of sp³-hybridized carbons (Fsp3) is 0.357. The van der Waals surface area contributed by atoms with E-state index < -0.39 is 0 Å². The van der Waals surface area contributed by atoms with Crippen LogP contribution < -0.4 is 5.32 Å². The van der Waals surface area contributed by atoms with Gasteiger partial charge in [0.1, 0.15) is 0 Å². The SMILES string of the molecule is CNc1c2c(nc3cc(Cl)cc(Cl)c13)CCCC2. The Morgan fingerprint density at radius 3 is 2.72 bits per heavy atom. The van der Waals surface area contributed by atoms with Crippen molar-refractivity contribution in [1.82, 2.24) is 4.98 Å². The summed E-state index contributed by atoms with van der Waals surface area (Å²) in [6, 6.07) is 3.67. The molecule has 94 valence electrons. The van der Waals surface area contributed by atoms with Crippen LogP contribution in [0.2, 0.25) is 10.0 Å². The van der Waals surface area contributed by atoms with Crippen molar-refractivity contribution in [1.29, 1.82) is 0 Å². The van der Waals surface area contributed by atoms with Gasteiger partial charge in [-0.1, -0.05) is 23.2 Å². The van der Waals surface area contributed by atoms with Crippen LogP contribution in [0.15, 0.2) is 12.1 Å². The Morgan fingerprint density at radius 1 is 1.17 bits per heavy atom. The van der Waals surface area contributed by atoms with Crippen LogP contribution in [0.1, 0.15) is 24.1 Å². The van der Waals surface area contributed by atoms with Crippen molar-refractivity contribution >= 4 is 39.8 Å². The van der Waals surface area contributed by atoms with Gasteiger partial charge in [0.05, 0.1) is 10.5 Å². The Morgan fingerprint density at radius 2 is 1.94 bits per heavy atom. The molecule has 0 saturated carbocycles. The number of hydrogen-bond acceptors (Lipinski definition) is 2. The van der Waals surface area contributed by atoms with Gasteiger partial charge in [0.15, 0.2) is 0 Å². The number of anilines is 1. The lowest BCUT2D eigenvalue weighted by Gasteiger charge is -2.21. The molecule has 1 N–H and O–H groups in total. The molecule has 0 amide bonds. The minimum Gasteiger partial charge on any atom is -0.387 e. The fourth-order valence-electron chi connectivity index (χ4n) is 2.75. The summed E-state index contributed by atoms with van der Waals surface area (Å²) in [4.78, 5) is 4.74. The second-order valence-corrected chi connectivity index (χ2v) is 5.49. The monoisotopic (exact) mass is 280 g/mol. The van der Waals surface area contributed by atoms with Crippen LogP contribution in [0.3, 0.4) is 0 Å². The lowest BCUT2D eigenvalue weighted by atomic mass is 9.93. The summed E-state index contributed by atoms with van der Waals surface area (Å²) in [5.74, 6) is 0. The summed E-state index contributed by atoms with van der Waals surface area (Å²) in [5.41, 5.74) is 4.52. The van der Waals surface area contributed by atoms with Gasteiger partial charge in [-0.25, -0.2) is 0 Å². The number of halogens is 2. The maximum Gasteiger partial charge on any atom is 0.0756 e. The highest BCUT2D eigenvalue weighted by atomic mass is 35.5. The van der Waals surface area contributed by atoms with Gasteiger partial charge in [0.25, 0.3) is 0 Å². The molecule has 3 rings (SSSR count). The van der Waals surface area contributed by atoms with Crippen molar-refractivity contribution in [3.63, 3.8) is 0 Å². The van der Waals surface area contributed by atoms with Gasteiger partial charge >= 0.3 is 0 Å². The number of fused-ring (bicyclic) bond motifs is 2. The van der Waals surface area contributed by atoms with Gasteiger partial charge in [-0.05, 0) is 43.4 Å². The summed E-state index contributed by atoms with van der Waals surface area (Å²) >= 11 is 12.4. The Labute approximate surface area is 116 Å². The van der Waals surface area contributed by atoms with E-state index in [0.29, 0.717) is 10.0 Å². The molecule has 4 heteroatoms. The fourth-order valence-corrected chi connectivity index (χ4v) is 3.33. The van der Waals surface area contributed by atoms with E-state index in [4.69, 9.17) is 28.2 Å². The molecule has 2 nitrogen and oxygen atoms in total. The van der Waals surface area contributed by atoms with Crippen LogP contribution >= 0.6 is 23.2 Å². The molecule has 2 aromatic rings. The van der Waals surface area contributed by atoms with E-state index in [0.717, 1.165) is 29.4 Å². The zero-order valence-corrected chi connectivity index (χ0v) is 11.7. The van der Waals surface area contributed by atoms with Crippen LogP contribution in [-0.2, 0) is 12.8 Å². The molecule has 0 atom stereocenters. The first kappa shape index (κ1) is 12.1. The molecule has 1 aliphatic carbocycles. The number of aromatic nitrogens is 1. The molecular formula is C14H14Cl2N2. The number of rotatable bonds is 1. The summed E-state index contributed by atoms with van der Waals surface area (Å²) < 4.78 is 0. The highest BCUT2D eigenvalue weighted by Gasteiger charge is 2.19. The van der Waals surface area contributed by atoms with Gasteiger partial charge in [-0.2, -0.15) is 0 Å². The van der Waals surface area contributed by atoms with Crippen molar-refractivity contribution in [2.24, 2.45) is 0 Å². The van der Waals surface area contributed by atoms with Crippen molar-refractivity contribution in [2.75, 3.05) is 12.4 Å². The molecule has 0 radical (unpaired) electrons. The van der Waals surface area contributed by atoms with E-state index in [9.17, 15) is 0 Å². The number of nitrogens with zero attached hydrogens (tertiary/aromatic N) is 1. The predicted molar refractivity (Wildman–Crippen MR) is 78.0 cm³/mol. The minimum atomic E-state index is 0.637. The topological polar surface area (TPSA) is 24.9 Å². The van der Waals surface area contributed by atoms with Gasteiger partial charge in [0.2, 0.25) is 0 Å². The van der Waals surface area contributed by atoms with Crippen LogP contribution in [0.5, 0.6) is 0 Å². The Balaban J connectivity index is 2.40. The van der Waals surface area contributed by atoms with Gasteiger partial charge in [-0.15, -0.1) is 0 Å². The van der Waals surface area contributed by atoms with Gasteiger partial charge in [0, 0.05) is 28.8 Å². The second-order valence-electron chi connectivity index (χ2n) is 4.65. The molecule has 1 heterocycles. The molecule has 0 spiro atoms. The summed E-state index contributed by atoms with van der Waals surface area (Å²) in [7, 11) is 1.94. The first-order chi connectivity index (χ1) is 8.70. The Kier molecular flexibility index (Phi) is 3.08. The van der Waals surface area contributed by atoms with E-state index in [-0.39, 0.29) is 0 Å². The van der Waals surface area contributed by atoms with Crippen LogP contribution in [0.4, 0.5) is 5.69 Å². The van der Waals surface area contributed by atoms with E-state index in [1.807, 2.05) is 13.1 Å². The molecule has 0 fully saturated rings. The third-order valence-electron chi connectivity index (χ3n) is 3.53. The number of aryl methyl sites for hydroxylation is 1. The molecule has 0 bridgehead atoms. The minimum absolute atomic E-state index is 0.637. The molecule has 0 saturated heterocycles. The highest BCUT2D eigenvalue weighted by Crippen LogP contribution is 2.38. The van der Waals surface area contributed by atoms with E-state index in [1.165, 1.54) is 24.1 Å². The number of nitrogens with one attached hydrogen (secondary N) is 1. The molecule has 1 aromatic carbocycles. The lowest BCUT2D eigenvalue weighted by molar-refractivity contribution is 0.672. The van der Waals surface area contributed by atoms with Crippen molar-refractivity contribution in [2.45, 2.75) is 25.7 Å². The average molecular weight is 281 g/mol. The second kappa shape index (κ2) is 4.60. The zero-order valence-electron chi connectivity index (χ0n) is 10.2. The summed E-state index contributed by atoms with van der Waals surface area (Å²) in [6.07, 6.45) is 4.56. The van der Waals surface area contributed by atoms with Gasteiger partial charge in [-0.3, -0.25) is 4.98 Å². The van der Waals surface area contributed by atoms with Crippen LogP contribution in [0.25, 0.3) is 10.9 Å². The van der Waals surface area contributed by atoms with Crippen molar-refractivity contribution < 1.29 is 0 Å². The van der Waals surface area contributed by atoms with Crippen LogP contribution in [-0.4, -0.2) is 12.0 Å². The summed E-state index contributed by atoms with van der Waals surface area (Å²) in [6.45, 7) is 0. The summed E-state index contributed by atoms with van der Waals surface area (Å²) in [5, 5.41) is 5.59. The van der Waals surface area contributed by atoms with Gasteiger partial charge < -0.3 is 5.32 Å². The standard InChI is InChI=1S/C14H14Cl2N2/c1-17-14-9-4-2-3-5-11(9)18-12-7-8(15)6-10(16)13(12)14/h6-7H,2-5H2,1H3,(H,17,18). The third kappa shape index (κ3) is 1.84. The molecular weight excluding hydrogens is 267 g/mol. The Hall–Kier alpha value is -0.990.